The Balaban J connectivity index is 1.70. The highest BCUT2D eigenvalue weighted by Gasteiger charge is 2.18. The zero-order valence-electron chi connectivity index (χ0n) is 13.0. The van der Waals surface area contributed by atoms with Crippen LogP contribution in [-0.4, -0.2) is 33.5 Å². The Morgan fingerprint density at radius 1 is 1.25 bits per heavy atom. The lowest BCUT2D eigenvalue weighted by Crippen LogP contribution is -2.45. The lowest BCUT2D eigenvalue weighted by atomic mass is 10.1. The van der Waals surface area contributed by atoms with Crippen molar-refractivity contribution in [1.82, 2.24) is 10.6 Å². The fraction of sp³-hybridized carbons (Fsp3) is 0.312. The molecule has 0 radical (unpaired) electrons. The molecule has 1 atom stereocenters. The van der Waals surface area contributed by atoms with Crippen LogP contribution in [0.25, 0.3) is 0 Å². The lowest BCUT2D eigenvalue weighted by Gasteiger charge is -2.23. The Labute approximate surface area is 145 Å². The van der Waals surface area contributed by atoms with Crippen LogP contribution in [0.4, 0.5) is 5.69 Å². The van der Waals surface area contributed by atoms with Crippen molar-refractivity contribution in [2.75, 3.05) is 17.8 Å². The first-order valence-corrected chi connectivity index (χ1v) is 10.1. The number of carbonyl (C=O) groups excluding carboxylic acids is 1. The predicted octanol–water partition coefficient (Wildman–Crippen LogP) is 2.03. The standard InChI is InChI=1S/C16H19N3O3S2/c20-16(18-14-6-2-8-17-11-14)12-4-1-5-13(10-12)19-24(21,22)15-7-3-9-23-15/h1,3-5,7,9-10,14,17,19H,2,6,8,11H2,(H,18,20)/t14-/m0/s1. The van der Waals surface area contributed by atoms with Gasteiger partial charge in [-0.1, -0.05) is 12.1 Å². The highest BCUT2D eigenvalue weighted by Crippen LogP contribution is 2.21. The number of hydrogen-bond donors (Lipinski definition) is 3. The summed E-state index contributed by atoms with van der Waals surface area (Å²) in [4.78, 5) is 12.3. The molecular weight excluding hydrogens is 346 g/mol. The SMILES string of the molecule is O=C(N[C@H]1CCCNC1)c1cccc(NS(=O)(=O)c2cccs2)c1. The molecule has 1 aliphatic rings. The van der Waals surface area contributed by atoms with Crippen molar-refractivity contribution < 1.29 is 13.2 Å². The second-order valence-electron chi connectivity index (χ2n) is 5.64. The van der Waals surface area contributed by atoms with Gasteiger partial charge >= 0.3 is 0 Å². The molecule has 0 aliphatic carbocycles. The average Bonchev–Trinajstić information content (AvgIpc) is 3.11. The van der Waals surface area contributed by atoms with E-state index in [2.05, 4.69) is 15.4 Å². The summed E-state index contributed by atoms with van der Waals surface area (Å²) in [6, 6.07) is 9.86. The van der Waals surface area contributed by atoms with E-state index in [9.17, 15) is 13.2 Å². The molecule has 1 aromatic heterocycles. The van der Waals surface area contributed by atoms with Gasteiger partial charge in [0.2, 0.25) is 0 Å². The summed E-state index contributed by atoms with van der Waals surface area (Å²) in [5.74, 6) is -0.194. The minimum atomic E-state index is -3.61. The minimum Gasteiger partial charge on any atom is -0.348 e. The van der Waals surface area contributed by atoms with Crippen LogP contribution in [0.15, 0.2) is 46.0 Å². The molecule has 1 aromatic carbocycles. The van der Waals surface area contributed by atoms with E-state index in [1.165, 1.54) is 0 Å². The van der Waals surface area contributed by atoms with Crippen molar-refractivity contribution in [3.63, 3.8) is 0 Å². The van der Waals surface area contributed by atoms with Gasteiger partial charge in [0, 0.05) is 23.8 Å². The Kier molecular flexibility index (Phi) is 5.17. The third kappa shape index (κ3) is 4.14. The summed E-state index contributed by atoms with van der Waals surface area (Å²) in [6.07, 6.45) is 1.98. The first-order valence-electron chi connectivity index (χ1n) is 7.72. The Morgan fingerprint density at radius 2 is 2.12 bits per heavy atom. The first-order chi connectivity index (χ1) is 11.5. The van der Waals surface area contributed by atoms with Crippen LogP contribution in [-0.2, 0) is 10.0 Å². The second kappa shape index (κ2) is 7.33. The Bertz CT molecular complexity index is 798. The van der Waals surface area contributed by atoms with Gasteiger partial charge in [-0.05, 0) is 49.0 Å². The zero-order chi connectivity index (χ0) is 17.0. The fourth-order valence-corrected chi connectivity index (χ4v) is 4.63. The molecule has 0 unspecified atom stereocenters. The molecule has 0 bridgehead atoms. The largest absolute Gasteiger partial charge is 0.348 e. The first kappa shape index (κ1) is 16.9. The minimum absolute atomic E-state index is 0.109. The van der Waals surface area contributed by atoms with E-state index in [4.69, 9.17) is 0 Å². The van der Waals surface area contributed by atoms with Crippen molar-refractivity contribution >= 4 is 33.0 Å². The van der Waals surface area contributed by atoms with Gasteiger partial charge in [-0.2, -0.15) is 0 Å². The molecule has 0 spiro atoms. The number of amides is 1. The van der Waals surface area contributed by atoms with Crippen LogP contribution in [0, 0.1) is 0 Å². The van der Waals surface area contributed by atoms with E-state index in [1.807, 2.05) is 0 Å². The Hall–Kier alpha value is -1.90. The number of piperidine rings is 1. The third-order valence-corrected chi connectivity index (χ3v) is 6.55. The molecule has 24 heavy (non-hydrogen) atoms. The van der Waals surface area contributed by atoms with Crippen LogP contribution in [0.1, 0.15) is 23.2 Å². The summed E-state index contributed by atoms with van der Waals surface area (Å²) < 4.78 is 27.3. The van der Waals surface area contributed by atoms with Crippen LogP contribution in [0.2, 0.25) is 0 Å². The number of rotatable bonds is 5. The maximum Gasteiger partial charge on any atom is 0.271 e. The number of thiophene rings is 1. The van der Waals surface area contributed by atoms with E-state index in [1.54, 1.807) is 41.8 Å². The molecule has 6 nitrogen and oxygen atoms in total. The molecule has 128 valence electrons. The van der Waals surface area contributed by atoms with E-state index in [0.717, 1.165) is 37.3 Å². The number of carbonyl (C=O) groups is 1. The molecule has 2 heterocycles. The summed E-state index contributed by atoms with van der Waals surface area (Å²) in [6.45, 7) is 1.74. The smallest absolute Gasteiger partial charge is 0.271 e. The van der Waals surface area contributed by atoms with Crippen molar-refractivity contribution in [2.45, 2.75) is 23.1 Å². The van der Waals surface area contributed by atoms with Crippen molar-refractivity contribution in [3.8, 4) is 0 Å². The highest BCUT2D eigenvalue weighted by molar-refractivity contribution is 7.94. The average molecular weight is 365 g/mol. The molecule has 1 fully saturated rings. The number of anilines is 1. The fourth-order valence-electron chi connectivity index (χ4n) is 2.59. The van der Waals surface area contributed by atoms with Crippen molar-refractivity contribution in [3.05, 3.63) is 47.3 Å². The Morgan fingerprint density at radius 3 is 2.83 bits per heavy atom. The summed E-state index contributed by atoms with van der Waals surface area (Å²) in [7, 11) is -3.61. The molecule has 3 rings (SSSR count). The summed E-state index contributed by atoms with van der Waals surface area (Å²) >= 11 is 1.15. The predicted molar refractivity (Wildman–Crippen MR) is 94.9 cm³/mol. The molecule has 1 amide bonds. The van der Waals surface area contributed by atoms with Gasteiger partial charge in [-0.3, -0.25) is 9.52 Å². The molecule has 2 aromatic rings. The van der Waals surface area contributed by atoms with Crippen LogP contribution in [0.5, 0.6) is 0 Å². The quantitative estimate of drug-likeness (QED) is 0.757. The van der Waals surface area contributed by atoms with Gasteiger partial charge in [0.1, 0.15) is 4.21 Å². The van der Waals surface area contributed by atoms with E-state index < -0.39 is 10.0 Å². The molecule has 1 saturated heterocycles. The van der Waals surface area contributed by atoms with E-state index >= 15 is 0 Å². The van der Waals surface area contributed by atoms with Crippen LogP contribution < -0.4 is 15.4 Å². The van der Waals surface area contributed by atoms with Crippen LogP contribution >= 0.6 is 11.3 Å². The van der Waals surface area contributed by atoms with E-state index in [-0.39, 0.29) is 16.2 Å². The summed E-state index contributed by atoms with van der Waals surface area (Å²) in [5, 5.41) is 7.93. The maximum atomic E-state index is 12.3. The van der Waals surface area contributed by atoms with Crippen LogP contribution in [0.3, 0.4) is 0 Å². The summed E-state index contributed by atoms with van der Waals surface area (Å²) in [5.41, 5.74) is 0.810. The molecule has 3 N–H and O–H groups in total. The normalized spacial score (nSPS) is 18.1. The molecule has 8 heteroatoms. The van der Waals surface area contributed by atoms with Crippen molar-refractivity contribution in [2.24, 2.45) is 0 Å². The topological polar surface area (TPSA) is 87.3 Å². The molecule has 1 aliphatic heterocycles. The van der Waals surface area contributed by atoms with E-state index in [0.29, 0.717) is 11.3 Å². The lowest BCUT2D eigenvalue weighted by molar-refractivity contribution is 0.0930. The van der Waals surface area contributed by atoms with Gasteiger partial charge in [-0.15, -0.1) is 11.3 Å². The second-order valence-corrected chi connectivity index (χ2v) is 8.49. The number of sulfonamides is 1. The number of nitrogens with one attached hydrogen (secondary N) is 3. The zero-order valence-corrected chi connectivity index (χ0v) is 14.6. The third-order valence-electron chi connectivity index (χ3n) is 3.77. The monoisotopic (exact) mass is 365 g/mol. The van der Waals surface area contributed by atoms with Gasteiger partial charge in [0.15, 0.2) is 0 Å². The highest BCUT2D eigenvalue weighted by atomic mass is 32.2. The van der Waals surface area contributed by atoms with Gasteiger partial charge in [0.05, 0.1) is 0 Å². The van der Waals surface area contributed by atoms with Crippen molar-refractivity contribution in [1.29, 1.82) is 0 Å². The van der Waals surface area contributed by atoms with Gasteiger partial charge in [-0.25, -0.2) is 8.42 Å². The van der Waals surface area contributed by atoms with Gasteiger partial charge in [0.25, 0.3) is 15.9 Å². The van der Waals surface area contributed by atoms with Gasteiger partial charge < -0.3 is 10.6 Å². The molecule has 0 saturated carbocycles. The number of hydrogen-bond acceptors (Lipinski definition) is 5. The molecular formula is C16H19N3O3S2. The number of benzene rings is 1. The maximum absolute atomic E-state index is 12.3.